The van der Waals surface area contributed by atoms with Gasteiger partial charge in [0, 0.05) is 0 Å². The molecule has 198 valence electrons. The van der Waals surface area contributed by atoms with Gasteiger partial charge in [-0.1, -0.05) is 70.2 Å². The highest BCUT2D eigenvalue weighted by Gasteiger charge is 2.21. The number of carbonyl (C=O) groups is 2. The van der Waals surface area contributed by atoms with Crippen molar-refractivity contribution in [3.05, 3.63) is 71.0 Å². The Labute approximate surface area is 224 Å². The zero-order valence-electron chi connectivity index (χ0n) is 22.0. The van der Waals surface area contributed by atoms with Crippen LogP contribution in [0.5, 0.6) is 6.01 Å². The van der Waals surface area contributed by atoms with Gasteiger partial charge in [0.15, 0.2) is 0 Å². The molecule has 0 aliphatic rings. The van der Waals surface area contributed by atoms with E-state index >= 15 is 0 Å². The van der Waals surface area contributed by atoms with E-state index in [2.05, 4.69) is 31.8 Å². The first-order valence-electron chi connectivity index (χ1n) is 12.8. The summed E-state index contributed by atoms with van der Waals surface area (Å²) < 4.78 is 8.00. The summed E-state index contributed by atoms with van der Waals surface area (Å²) in [7, 11) is 0. The second kappa shape index (κ2) is 13.3. The predicted molar refractivity (Wildman–Crippen MR) is 149 cm³/mol. The molecule has 0 spiro atoms. The minimum absolute atomic E-state index is 0.0932. The zero-order valence-corrected chi connectivity index (χ0v) is 22.9. The van der Waals surface area contributed by atoms with E-state index in [0.29, 0.717) is 50.0 Å². The van der Waals surface area contributed by atoms with Gasteiger partial charge in [-0.3, -0.25) is 9.36 Å². The van der Waals surface area contributed by atoms with Crippen LogP contribution in [0, 0.1) is 5.92 Å². The van der Waals surface area contributed by atoms with E-state index in [-0.39, 0.29) is 16.7 Å². The number of nitrogens with zero attached hydrogens (tertiary/aromatic N) is 2. The maximum absolute atomic E-state index is 12.7. The summed E-state index contributed by atoms with van der Waals surface area (Å²) in [6.07, 6.45) is 2.27. The average molecular weight is 524 g/mol. The molecule has 1 atom stereocenters. The van der Waals surface area contributed by atoms with Crippen molar-refractivity contribution in [2.45, 2.75) is 65.3 Å². The molecule has 3 rings (SSSR count). The SMILES string of the molecule is CCCOc1nc(CC)c(CNC(=O)C(S)CC(C)C)n1Cc1ccc(-c2ccccc2C(=O)O)cc1. The van der Waals surface area contributed by atoms with Crippen LogP contribution >= 0.6 is 12.6 Å². The van der Waals surface area contributed by atoms with Gasteiger partial charge in [0.05, 0.1) is 41.9 Å². The molecule has 1 heterocycles. The van der Waals surface area contributed by atoms with Gasteiger partial charge in [-0.05, 0) is 47.9 Å². The molecule has 0 bridgehead atoms. The molecule has 1 unspecified atom stereocenters. The molecule has 2 N–H and O–H groups in total. The molecule has 7 nitrogen and oxygen atoms in total. The van der Waals surface area contributed by atoms with Crippen LogP contribution in [0.25, 0.3) is 11.1 Å². The van der Waals surface area contributed by atoms with Gasteiger partial charge in [0.25, 0.3) is 6.01 Å². The Hall–Kier alpha value is -3.26. The van der Waals surface area contributed by atoms with Crippen molar-refractivity contribution in [2.24, 2.45) is 5.92 Å². The number of imidazole rings is 1. The van der Waals surface area contributed by atoms with E-state index in [1.807, 2.05) is 54.8 Å². The summed E-state index contributed by atoms with van der Waals surface area (Å²) in [5.74, 6) is -0.666. The van der Waals surface area contributed by atoms with Gasteiger partial charge in [-0.2, -0.15) is 17.6 Å². The number of hydrogen-bond donors (Lipinski definition) is 3. The van der Waals surface area contributed by atoms with Gasteiger partial charge in [-0.15, -0.1) is 0 Å². The number of carboxylic acid groups (broad SMARTS) is 1. The van der Waals surface area contributed by atoms with E-state index in [0.717, 1.165) is 28.9 Å². The third-order valence-electron chi connectivity index (χ3n) is 6.08. The van der Waals surface area contributed by atoms with E-state index in [9.17, 15) is 14.7 Å². The van der Waals surface area contributed by atoms with Crippen molar-refractivity contribution in [1.29, 1.82) is 0 Å². The molecular weight excluding hydrogens is 486 g/mol. The quantitative estimate of drug-likeness (QED) is 0.253. The molecule has 3 aromatic rings. The second-order valence-electron chi connectivity index (χ2n) is 9.49. The van der Waals surface area contributed by atoms with E-state index in [1.165, 1.54) is 0 Å². The standard InChI is InChI=1S/C29H37N3O4S/c1-5-15-36-29-31-24(6-2)25(17-30-27(33)26(37)16-19(3)4)32(29)18-20-11-13-21(14-12-20)22-9-7-8-10-23(22)28(34)35/h7-14,19,26,37H,5-6,15-18H2,1-4H3,(H,30,33)(H,34,35). The van der Waals surface area contributed by atoms with E-state index < -0.39 is 5.97 Å². The summed E-state index contributed by atoms with van der Waals surface area (Å²) in [5, 5.41) is 12.2. The third-order valence-corrected chi connectivity index (χ3v) is 6.53. The fraction of sp³-hybridized carbons (Fsp3) is 0.414. The van der Waals surface area contributed by atoms with Crippen molar-refractivity contribution < 1.29 is 19.4 Å². The Morgan fingerprint density at radius 3 is 2.43 bits per heavy atom. The lowest BCUT2D eigenvalue weighted by Gasteiger charge is -2.16. The first-order valence-corrected chi connectivity index (χ1v) is 13.3. The molecule has 1 aromatic heterocycles. The molecule has 0 radical (unpaired) electrons. The summed E-state index contributed by atoms with van der Waals surface area (Å²) in [6.45, 7) is 9.62. The molecular formula is C29H37N3O4S. The highest BCUT2D eigenvalue weighted by molar-refractivity contribution is 7.81. The molecule has 1 amide bonds. The number of benzene rings is 2. The van der Waals surface area contributed by atoms with Crippen LogP contribution in [0.2, 0.25) is 0 Å². The summed E-state index contributed by atoms with van der Waals surface area (Å²) in [4.78, 5) is 29.0. The minimum atomic E-state index is -0.952. The lowest BCUT2D eigenvalue weighted by molar-refractivity contribution is -0.121. The second-order valence-corrected chi connectivity index (χ2v) is 10.1. The van der Waals surface area contributed by atoms with Gasteiger partial charge < -0.3 is 15.2 Å². The van der Waals surface area contributed by atoms with Gasteiger partial charge >= 0.3 is 5.97 Å². The maximum atomic E-state index is 12.7. The molecule has 8 heteroatoms. The van der Waals surface area contributed by atoms with Crippen LogP contribution in [0.4, 0.5) is 0 Å². The van der Waals surface area contributed by atoms with Crippen molar-refractivity contribution in [3.8, 4) is 17.1 Å². The van der Waals surface area contributed by atoms with Crippen molar-refractivity contribution in [2.75, 3.05) is 6.61 Å². The first-order chi connectivity index (χ1) is 17.7. The summed E-state index contributed by atoms with van der Waals surface area (Å²) in [6, 6.07) is 15.3. The summed E-state index contributed by atoms with van der Waals surface area (Å²) in [5.41, 5.74) is 4.59. The van der Waals surface area contributed by atoms with Crippen molar-refractivity contribution in [3.63, 3.8) is 0 Å². The number of ether oxygens (including phenoxy) is 1. The number of nitrogens with one attached hydrogen (secondary N) is 1. The molecule has 37 heavy (non-hydrogen) atoms. The Balaban J connectivity index is 1.88. The fourth-order valence-electron chi connectivity index (χ4n) is 4.19. The molecule has 0 fully saturated rings. The van der Waals surface area contributed by atoms with Crippen LogP contribution in [-0.4, -0.2) is 38.4 Å². The van der Waals surface area contributed by atoms with Crippen molar-refractivity contribution in [1.82, 2.24) is 14.9 Å². The number of carboxylic acids is 1. The summed E-state index contributed by atoms with van der Waals surface area (Å²) >= 11 is 4.48. The Kier molecular flexibility index (Phi) is 10.2. The van der Waals surface area contributed by atoms with Crippen molar-refractivity contribution >= 4 is 24.5 Å². The number of aryl methyl sites for hydroxylation is 1. The number of amides is 1. The lowest BCUT2D eigenvalue weighted by atomic mass is 9.99. The average Bonchev–Trinajstić information content (AvgIpc) is 3.21. The lowest BCUT2D eigenvalue weighted by Crippen LogP contribution is -2.32. The first kappa shape index (κ1) is 28.3. The number of rotatable bonds is 13. The maximum Gasteiger partial charge on any atom is 0.336 e. The predicted octanol–water partition coefficient (Wildman–Crippen LogP) is 5.61. The molecule has 0 saturated carbocycles. The largest absolute Gasteiger partial charge is 0.478 e. The number of hydrogen-bond acceptors (Lipinski definition) is 5. The highest BCUT2D eigenvalue weighted by Crippen LogP contribution is 2.26. The number of carbonyl (C=O) groups excluding carboxylic acids is 1. The van der Waals surface area contributed by atoms with Gasteiger partial charge in [-0.25, -0.2) is 4.79 Å². The number of aromatic carboxylic acids is 1. The molecule has 2 aromatic carbocycles. The highest BCUT2D eigenvalue weighted by atomic mass is 32.1. The van der Waals surface area contributed by atoms with Crippen LogP contribution in [-0.2, 0) is 24.3 Å². The molecule has 0 saturated heterocycles. The Bertz CT molecular complexity index is 1200. The molecule has 0 aliphatic carbocycles. The monoisotopic (exact) mass is 523 g/mol. The number of thiol groups is 1. The van der Waals surface area contributed by atoms with Crippen LogP contribution < -0.4 is 10.1 Å². The van der Waals surface area contributed by atoms with Crippen LogP contribution in [0.3, 0.4) is 0 Å². The zero-order chi connectivity index (χ0) is 26.9. The Morgan fingerprint density at radius 1 is 1.11 bits per heavy atom. The number of aromatic nitrogens is 2. The smallest absolute Gasteiger partial charge is 0.336 e. The van der Waals surface area contributed by atoms with E-state index in [1.54, 1.807) is 12.1 Å². The van der Waals surface area contributed by atoms with Crippen LogP contribution in [0.15, 0.2) is 48.5 Å². The van der Waals surface area contributed by atoms with Gasteiger partial charge in [0.2, 0.25) is 5.91 Å². The minimum Gasteiger partial charge on any atom is -0.478 e. The molecule has 0 aliphatic heterocycles. The normalized spacial score (nSPS) is 11.9. The Morgan fingerprint density at radius 2 is 1.81 bits per heavy atom. The topological polar surface area (TPSA) is 93.5 Å². The van der Waals surface area contributed by atoms with E-state index in [4.69, 9.17) is 9.72 Å². The van der Waals surface area contributed by atoms with Crippen LogP contribution in [0.1, 0.15) is 67.8 Å². The van der Waals surface area contributed by atoms with Gasteiger partial charge in [0.1, 0.15) is 0 Å². The third kappa shape index (κ3) is 7.38. The fourth-order valence-corrected chi connectivity index (χ4v) is 4.71.